The number of ether oxygens (including phenoxy) is 2. The van der Waals surface area contributed by atoms with Crippen molar-refractivity contribution in [3.05, 3.63) is 90.6 Å². The second-order valence-corrected chi connectivity index (χ2v) is 13.9. The summed E-state index contributed by atoms with van der Waals surface area (Å²) in [7, 11) is 4.56. The van der Waals surface area contributed by atoms with E-state index in [9.17, 15) is 29.1 Å². The normalized spacial score (nSPS) is 24.4. The van der Waals surface area contributed by atoms with Crippen molar-refractivity contribution in [2.45, 2.75) is 47.6 Å². The molecule has 1 N–H and O–H groups in total. The van der Waals surface area contributed by atoms with Gasteiger partial charge in [0.15, 0.2) is 21.2 Å². The molecule has 14 nitrogen and oxygen atoms in total. The molecule has 4 aromatic rings. The maximum atomic E-state index is 14.1. The molecule has 0 radical (unpaired) electrons. The Morgan fingerprint density at radius 1 is 1.00 bits per heavy atom. The molecule has 2 aromatic heterocycles. The van der Waals surface area contributed by atoms with Gasteiger partial charge < -0.3 is 19.1 Å². The molecule has 256 valence electrons. The highest BCUT2D eigenvalue weighted by atomic mass is 79.9. The van der Waals surface area contributed by atoms with E-state index in [1.54, 1.807) is 37.4 Å². The molecular weight excluding hydrogens is 747 g/mol. The van der Waals surface area contributed by atoms with Crippen molar-refractivity contribution in [3.8, 4) is 17.2 Å². The molecule has 2 fully saturated rings. The maximum absolute atomic E-state index is 14.1. The first-order chi connectivity index (χ1) is 23.3. The summed E-state index contributed by atoms with van der Waals surface area (Å²) in [5, 5.41) is 9.99. The van der Waals surface area contributed by atoms with Crippen LogP contribution in [0.25, 0.3) is 11.0 Å². The second kappa shape index (κ2) is 11.6. The van der Waals surface area contributed by atoms with Crippen LogP contribution < -0.4 is 26.4 Å². The highest BCUT2D eigenvalue weighted by Gasteiger charge is 2.75. The van der Waals surface area contributed by atoms with Gasteiger partial charge in [-0.25, -0.2) is 28.5 Å². The number of hydrogen-bond acceptors (Lipinski definition) is 9. The zero-order valence-electron chi connectivity index (χ0n) is 26.4. The summed E-state index contributed by atoms with van der Waals surface area (Å²) in [6.45, 7) is -0.207. The number of rotatable bonds is 7. The Hall–Kier alpha value is -4.34. The molecule has 0 unspecified atom stereocenters. The number of amides is 2. The van der Waals surface area contributed by atoms with Crippen LogP contribution in [0.15, 0.2) is 62.4 Å². The molecule has 0 spiro atoms. The van der Waals surface area contributed by atoms with Crippen molar-refractivity contribution in [3.63, 3.8) is 0 Å². The van der Waals surface area contributed by atoms with Gasteiger partial charge in [-0.1, -0.05) is 34.1 Å². The molecule has 3 aliphatic rings. The monoisotopic (exact) mass is 774 g/mol. The Kier molecular flexibility index (Phi) is 7.87. The Morgan fingerprint density at radius 2 is 1.67 bits per heavy atom. The third-order valence-corrected chi connectivity index (χ3v) is 11.7. The number of alkyl halides is 3. The van der Waals surface area contributed by atoms with Gasteiger partial charge in [0.1, 0.15) is 11.4 Å². The number of aryl methyl sites for hydroxylation is 2. The van der Waals surface area contributed by atoms with E-state index in [-0.39, 0.29) is 42.8 Å². The lowest BCUT2D eigenvalue weighted by Gasteiger charge is -2.49. The number of carbonyl (C=O) groups is 2. The fraction of sp³-hybridized carbons (Fsp3) is 0.375. The van der Waals surface area contributed by atoms with Crippen LogP contribution in [0.2, 0.25) is 0 Å². The molecule has 2 amide bonds. The Bertz CT molecular complexity index is 2300. The van der Waals surface area contributed by atoms with Gasteiger partial charge in [0.25, 0.3) is 17.4 Å². The fourth-order valence-corrected chi connectivity index (χ4v) is 8.79. The number of phenolic OH excluding ortho intramolecular Hbond substituents is 1. The van der Waals surface area contributed by atoms with E-state index < -0.39 is 50.5 Å². The number of imide groups is 1. The summed E-state index contributed by atoms with van der Waals surface area (Å²) >= 11 is 17.6. The SMILES string of the molecule is COc1cc2nc(CCn3c(=O)n4n(c3=O)[C@@H]3C[C@@]5(Cl)C(=O)N(CBr)C(=O)[C@@]5(Cl)[C@@H](c5ccc(O)cc5)C3=CC4)c(=O)n(C)c2cc1OC. The number of phenols is 1. The van der Waals surface area contributed by atoms with E-state index in [2.05, 4.69) is 20.9 Å². The number of nitrogens with zero attached hydrogens (tertiary/aromatic N) is 6. The summed E-state index contributed by atoms with van der Waals surface area (Å²) in [6.07, 6.45) is 1.42. The highest BCUT2D eigenvalue weighted by Crippen LogP contribution is 2.63. The van der Waals surface area contributed by atoms with Crippen LogP contribution >= 0.6 is 39.1 Å². The lowest BCUT2D eigenvalue weighted by Crippen LogP contribution is -2.59. The molecule has 4 heterocycles. The standard InChI is InChI=1S/C32H29BrCl2N6O8/c1-37-21-13-24(49-3)23(48-2)12-20(21)36-19(26(37)43)9-10-38-29(46)40-11-8-18-22(41(40)30(38)47)14-31(34)27(44)39(15-33)28(45)32(31,35)25(18)16-4-6-17(42)7-5-16/h4-8,12-13,22,25,42H,9-11,14-15H2,1-3H3/t22-,25+,31-,32+/m1/s1. The Balaban J connectivity index is 1.31. The van der Waals surface area contributed by atoms with E-state index in [1.165, 1.54) is 40.3 Å². The van der Waals surface area contributed by atoms with Crippen molar-refractivity contribution in [2.75, 3.05) is 19.7 Å². The number of likely N-dealkylation sites (tertiary alicyclic amines) is 1. The summed E-state index contributed by atoms with van der Waals surface area (Å²) in [5.74, 6) is -1.60. The van der Waals surface area contributed by atoms with E-state index >= 15 is 0 Å². The molecule has 2 aromatic carbocycles. The van der Waals surface area contributed by atoms with Crippen LogP contribution in [0.1, 0.15) is 29.6 Å². The Morgan fingerprint density at radius 3 is 2.33 bits per heavy atom. The maximum Gasteiger partial charge on any atom is 0.347 e. The van der Waals surface area contributed by atoms with Crippen LogP contribution in [0.5, 0.6) is 17.2 Å². The number of aromatic hydroxyl groups is 1. The molecule has 49 heavy (non-hydrogen) atoms. The van der Waals surface area contributed by atoms with Crippen LogP contribution in [0.3, 0.4) is 0 Å². The van der Waals surface area contributed by atoms with Crippen LogP contribution in [-0.2, 0) is 36.1 Å². The number of methoxy groups -OCH3 is 2. The van der Waals surface area contributed by atoms with Crippen LogP contribution in [-0.4, -0.2) is 74.7 Å². The number of hydrogen-bond donors (Lipinski definition) is 1. The van der Waals surface area contributed by atoms with Gasteiger partial charge in [0.2, 0.25) is 0 Å². The minimum absolute atomic E-state index is 0.0258. The molecule has 1 aliphatic carbocycles. The summed E-state index contributed by atoms with van der Waals surface area (Å²) in [6, 6.07) is 8.37. The lowest BCUT2D eigenvalue weighted by atomic mass is 9.64. The van der Waals surface area contributed by atoms with E-state index in [1.807, 2.05) is 0 Å². The third kappa shape index (κ3) is 4.51. The van der Waals surface area contributed by atoms with Gasteiger partial charge in [0, 0.05) is 44.5 Å². The molecule has 1 saturated heterocycles. The molecule has 4 atom stereocenters. The van der Waals surface area contributed by atoms with E-state index in [0.717, 1.165) is 9.47 Å². The second-order valence-electron chi connectivity index (χ2n) is 12.1. The van der Waals surface area contributed by atoms with E-state index in [0.29, 0.717) is 33.7 Å². The first-order valence-electron chi connectivity index (χ1n) is 15.1. The smallest absolute Gasteiger partial charge is 0.347 e. The van der Waals surface area contributed by atoms with Gasteiger partial charge in [-0.2, -0.15) is 0 Å². The average Bonchev–Trinajstić information content (AvgIpc) is 3.42. The predicted octanol–water partition coefficient (Wildman–Crippen LogP) is 2.37. The zero-order chi connectivity index (χ0) is 35.2. The predicted molar refractivity (Wildman–Crippen MR) is 182 cm³/mol. The van der Waals surface area contributed by atoms with Crippen molar-refractivity contribution < 1.29 is 24.2 Å². The number of carbonyl (C=O) groups excluding carboxylic acids is 2. The number of allylic oxidation sites excluding steroid dienone is 2. The minimum atomic E-state index is -1.99. The number of aromatic nitrogens is 5. The van der Waals surface area contributed by atoms with Crippen molar-refractivity contribution in [1.29, 1.82) is 0 Å². The van der Waals surface area contributed by atoms with Gasteiger partial charge >= 0.3 is 11.4 Å². The van der Waals surface area contributed by atoms with Crippen molar-refractivity contribution in [1.82, 2.24) is 28.4 Å². The first-order valence-corrected chi connectivity index (χ1v) is 17.0. The molecule has 7 rings (SSSR count). The minimum Gasteiger partial charge on any atom is -0.508 e. The molecule has 17 heteroatoms. The van der Waals surface area contributed by atoms with Gasteiger partial charge in [-0.15, -0.1) is 23.2 Å². The number of benzene rings is 2. The summed E-state index contributed by atoms with van der Waals surface area (Å²) in [5.41, 5.74) is 0.228. The lowest BCUT2D eigenvalue weighted by molar-refractivity contribution is -0.138. The Labute approximate surface area is 295 Å². The molecule has 2 aliphatic heterocycles. The van der Waals surface area contributed by atoms with Crippen LogP contribution in [0.4, 0.5) is 0 Å². The molecule has 0 bridgehead atoms. The topological polar surface area (TPSA) is 160 Å². The zero-order valence-corrected chi connectivity index (χ0v) is 29.5. The summed E-state index contributed by atoms with van der Waals surface area (Å²) in [4.78, 5) is 70.3. The van der Waals surface area contributed by atoms with E-state index in [4.69, 9.17) is 32.7 Å². The third-order valence-electron chi connectivity index (χ3n) is 9.81. The average molecular weight is 776 g/mol. The van der Waals surface area contributed by atoms with Crippen molar-refractivity contribution in [2.24, 2.45) is 7.05 Å². The largest absolute Gasteiger partial charge is 0.508 e. The number of halogens is 3. The van der Waals surface area contributed by atoms with Crippen LogP contribution in [0, 0.1) is 0 Å². The first kappa shape index (κ1) is 33.2. The molecule has 1 saturated carbocycles. The van der Waals surface area contributed by atoms with Gasteiger partial charge in [-0.3, -0.25) is 19.3 Å². The van der Waals surface area contributed by atoms with Gasteiger partial charge in [0.05, 0.1) is 43.3 Å². The summed E-state index contributed by atoms with van der Waals surface area (Å²) < 4.78 is 15.7. The highest BCUT2D eigenvalue weighted by molar-refractivity contribution is 9.09. The fourth-order valence-electron chi connectivity index (χ4n) is 7.38. The number of fused-ring (bicyclic) bond motifs is 5. The molecular formula is C32H29BrCl2N6O8. The van der Waals surface area contributed by atoms with Gasteiger partial charge in [-0.05, 0) is 23.3 Å². The quantitative estimate of drug-likeness (QED) is 0.129. The van der Waals surface area contributed by atoms with Crippen molar-refractivity contribution >= 4 is 62.0 Å².